The van der Waals surface area contributed by atoms with Gasteiger partial charge in [0.15, 0.2) is 0 Å². The zero-order chi connectivity index (χ0) is 16.8. The van der Waals surface area contributed by atoms with Crippen LogP contribution >= 0.6 is 24.0 Å². The van der Waals surface area contributed by atoms with E-state index >= 15 is 0 Å². The van der Waals surface area contributed by atoms with Crippen molar-refractivity contribution in [1.82, 2.24) is 10.6 Å². The molecule has 1 heterocycles. The first kappa shape index (κ1) is 19.6. The third-order valence-electron chi connectivity index (χ3n) is 4.10. The molecule has 2 aromatic rings. The van der Waals surface area contributed by atoms with E-state index in [0.717, 1.165) is 31.5 Å². The summed E-state index contributed by atoms with van der Waals surface area (Å²) < 4.78 is 5.85. The van der Waals surface area contributed by atoms with Gasteiger partial charge in [-0.05, 0) is 37.6 Å². The van der Waals surface area contributed by atoms with Crippen LogP contribution in [0.3, 0.4) is 0 Å². The third kappa shape index (κ3) is 5.36. The highest BCUT2D eigenvalue weighted by Gasteiger charge is 2.18. The molecule has 1 aliphatic heterocycles. The van der Waals surface area contributed by atoms with Gasteiger partial charge in [-0.25, -0.2) is 0 Å². The van der Waals surface area contributed by atoms with Gasteiger partial charge in [-0.1, -0.05) is 41.9 Å². The predicted molar refractivity (Wildman–Crippen MR) is 103 cm³/mol. The summed E-state index contributed by atoms with van der Waals surface area (Å²) in [5.74, 6) is 0.470. The van der Waals surface area contributed by atoms with Gasteiger partial charge in [0, 0.05) is 23.2 Å². The monoisotopic (exact) mass is 380 g/mol. The van der Waals surface area contributed by atoms with Crippen LogP contribution in [-0.4, -0.2) is 25.0 Å². The first-order valence-corrected chi connectivity index (χ1v) is 8.58. The smallest absolute Gasteiger partial charge is 0.255 e. The molecule has 1 aliphatic rings. The van der Waals surface area contributed by atoms with Gasteiger partial charge in [0.1, 0.15) is 12.4 Å². The van der Waals surface area contributed by atoms with Crippen molar-refractivity contribution in [3.63, 3.8) is 0 Å². The van der Waals surface area contributed by atoms with Crippen molar-refractivity contribution in [3.8, 4) is 5.75 Å². The van der Waals surface area contributed by atoms with Gasteiger partial charge < -0.3 is 15.4 Å². The Morgan fingerprint density at radius 2 is 1.96 bits per heavy atom. The Balaban J connectivity index is 0.00000225. The summed E-state index contributed by atoms with van der Waals surface area (Å²) in [4.78, 5) is 12.6. The lowest BCUT2D eigenvalue weighted by Crippen LogP contribution is -2.45. The molecule has 2 N–H and O–H groups in total. The van der Waals surface area contributed by atoms with Gasteiger partial charge >= 0.3 is 0 Å². The predicted octanol–water partition coefficient (Wildman–Crippen LogP) is 3.82. The normalized spacial score (nSPS) is 16.6. The van der Waals surface area contributed by atoms with Gasteiger partial charge in [-0.2, -0.15) is 0 Å². The van der Waals surface area contributed by atoms with Gasteiger partial charge in [0.25, 0.3) is 5.91 Å². The molecule has 1 saturated heterocycles. The molecular weight excluding hydrogens is 359 g/mol. The minimum Gasteiger partial charge on any atom is -0.488 e. The van der Waals surface area contributed by atoms with E-state index in [-0.39, 0.29) is 24.4 Å². The number of piperidine rings is 1. The Labute approximate surface area is 159 Å². The summed E-state index contributed by atoms with van der Waals surface area (Å²) in [6, 6.07) is 15.0. The van der Waals surface area contributed by atoms with E-state index in [1.165, 1.54) is 0 Å². The molecule has 3 rings (SSSR count). The fraction of sp³-hybridized carbons (Fsp3) is 0.316. The maximum atomic E-state index is 12.6. The summed E-state index contributed by atoms with van der Waals surface area (Å²) in [7, 11) is 0. The standard InChI is InChI=1S/C19H21ClN2O2.ClH/c20-17-9-3-1-6-14(17)13-24-18-10-4-2-8-16(18)19(23)22-15-7-5-11-21-12-15;/h1-4,6,8-10,15,21H,5,7,11-13H2,(H,22,23);1H/t15-;/m0./s1. The first-order chi connectivity index (χ1) is 11.7. The number of hydrogen-bond acceptors (Lipinski definition) is 3. The van der Waals surface area contributed by atoms with Crippen LogP contribution in [0.1, 0.15) is 28.8 Å². The van der Waals surface area contributed by atoms with Crippen LogP contribution in [-0.2, 0) is 6.61 Å². The molecule has 0 bridgehead atoms. The van der Waals surface area contributed by atoms with E-state index in [4.69, 9.17) is 16.3 Å². The Morgan fingerprint density at radius 3 is 2.72 bits per heavy atom. The van der Waals surface area contributed by atoms with Crippen LogP contribution < -0.4 is 15.4 Å². The molecule has 0 radical (unpaired) electrons. The Hall–Kier alpha value is -1.75. The maximum Gasteiger partial charge on any atom is 0.255 e. The van der Waals surface area contributed by atoms with Crippen LogP contribution in [0.4, 0.5) is 0 Å². The number of hydrogen-bond donors (Lipinski definition) is 2. The molecule has 0 saturated carbocycles. The second kappa shape index (κ2) is 9.66. The first-order valence-electron chi connectivity index (χ1n) is 8.21. The zero-order valence-corrected chi connectivity index (χ0v) is 15.4. The average Bonchev–Trinajstić information content (AvgIpc) is 2.62. The Bertz CT molecular complexity index is 703. The van der Waals surface area contributed by atoms with Crippen molar-refractivity contribution in [3.05, 3.63) is 64.7 Å². The maximum absolute atomic E-state index is 12.6. The van der Waals surface area contributed by atoms with Crippen molar-refractivity contribution < 1.29 is 9.53 Å². The molecule has 2 aromatic carbocycles. The molecule has 1 fully saturated rings. The number of rotatable bonds is 5. The van der Waals surface area contributed by atoms with E-state index in [1.807, 2.05) is 42.5 Å². The van der Waals surface area contributed by atoms with Crippen LogP contribution in [0, 0.1) is 0 Å². The molecule has 4 nitrogen and oxygen atoms in total. The molecule has 0 aromatic heterocycles. The summed E-state index contributed by atoms with van der Waals surface area (Å²) in [6.07, 6.45) is 2.08. The van der Waals surface area contributed by atoms with Crippen molar-refractivity contribution in [2.45, 2.75) is 25.5 Å². The fourth-order valence-electron chi connectivity index (χ4n) is 2.79. The van der Waals surface area contributed by atoms with Gasteiger partial charge in [0.2, 0.25) is 0 Å². The van der Waals surface area contributed by atoms with Crippen molar-refractivity contribution >= 4 is 29.9 Å². The van der Waals surface area contributed by atoms with Crippen LogP contribution in [0.15, 0.2) is 48.5 Å². The van der Waals surface area contributed by atoms with E-state index in [0.29, 0.717) is 22.9 Å². The molecule has 134 valence electrons. The lowest BCUT2D eigenvalue weighted by atomic mass is 10.1. The van der Waals surface area contributed by atoms with Gasteiger partial charge in [-0.3, -0.25) is 4.79 Å². The van der Waals surface area contributed by atoms with Crippen LogP contribution in [0.5, 0.6) is 5.75 Å². The summed E-state index contributed by atoms with van der Waals surface area (Å²) in [5, 5.41) is 7.04. The largest absolute Gasteiger partial charge is 0.488 e. The van der Waals surface area contributed by atoms with Crippen molar-refractivity contribution in [2.75, 3.05) is 13.1 Å². The highest BCUT2D eigenvalue weighted by atomic mass is 35.5. The molecule has 25 heavy (non-hydrogen) atoms. The lowest BCUT2D eigenvalue weighted by Gasteiger charge is -2.24. The number of para-hydroxylation sites is 1. The quantitative estimate of drug-likeness (QED) is 0.828. The average molecular weight is 381 g/mol. The molecule has 1 atom stereocenters. The minimum absolute atomic E-state index is 0. The van der Waals surface area contributed by atoms with Crippen LogP contribution in [0.25, 0.3) is 0 Å². The molecule has 0 unspecified atom stereocenters. The highest BCUT2D eigenvalue weighted by Crippen LogP contribution is 2.22. The lowest BCUT2D eigenvalue weighted by molar-refractivity contribution is 0.0926. The van der Waals surface area contributed by atoms with Crippen molar-refractivity contribution in [1.29, 1.82) is 0 Å². The Morgan fingerprint density at radius 1 is 1.20 bits per heavy atom. The highest BCUT2D eigenvalue weighted by molar-refractivity contribution is 6.31. The number of benzene rings is 2. The van der Waals surface area contributed by atoms with Gasteiger partial charge in [0.05, 0.1) is 5.56 Å². The molecule has 0 spiro atoms. The molecular formula is C19H22Cl2N2O2. The second-order valence-electron chi connectivity index (χ2n) is 5.89. The summed E-state index contributed by atoms with van der Waals surface area (Å²) in [5.41, 5.74) is 1.45. The number of carbonyl (C=O) groups is 1. The minimum atomic E-state index is -0.0986. The number of carbonyl (C=O) groups excluding carboxylic acids is 1. The van der Waals surface area contributed by atoms with E-state index in [9.17, 15) is 4.79 Å². The number of ether oxygens (including phenoxy) is 1. The molecule has 6 heteroatoms. The summed E-state index contributed by atoms with van der Waals surface area (Å²) >= 11 is 6.16. The number of halogens is 2. The Kier molecular flexibility index (Phi) is 7.56. The number of nitrogens with one attached hydrogen (secondary N) is 2. The van der Waals surface area contributed by atoms with E-state index in [2.05, 4.69) is 10.6 Å². The topological polar surface area (TPSA) is 50.4 Å². The zero-order valence-electron chi connectivity index (χ0n) is 13.8. The van der Waals surface area contributed by atoms with E-state index in [1.54, 1.807) is 6.07 Å². The van der Waals surface area contributed by atoms with Crippen LogP contribution in [0.2, 0.25) is 5.02 Å². The summed E-state index contributed by atoms with van der Waals surface area (Å²) in [6.45, 7) is 2.16. The van der Waals surface area contributed by atoms with Gasteiger partial charge in [-0.15, -0.1) is 12.4 Å². The molecule has 1 amide bonds. The fourth-order valence-corrected chi connectivity index (χ4v) is 2.98. The molecule has 0 aliphatic carbocycles. The van der Waals surface area contributed by atoms with Crippen molar-refractivity contribution in [2.24, 2.45) is 0 Å². The number of amides is 1. The second-order valence-corrected chi connectivity index (χ2v) is 6.30. The SMILES string of the molecule is Cl.O=C(N[C@H]1CCCNC1)c1ccccc1OCc1ccccc1Cl. The third-order valence-corrected chi connectivity index (χ3v) is 4.47. The van der Waals surface area contributed by atoms with E-state index < -0.39 is 0 Å².